The molecule has 3 aromatic rings. The van der Waals surface area contributed by atoms with E-state index in [1.807, 2.05) is 24.3 Å². The fourth-order valence-electron chi connectivity index (χ4n) is 3.71. The molecule has 0 unspecified atom stereocenters. The molecule has 12 heteroatoms. The Balaban J connectivity index is 1.32. The predicted molar refractivity (Wildman–Crippen MR) is 141 cm³/mol. The summed E-state index contributed by atoms with van der Waals surface area (Å²) in [5.74, 6) is 0.888. The SMILES string of the molecule is C=N/C(CCNC(=O)Nc1nc2ccc(-c3cncc(OCCCN4CCOCC4)c3)cc2s1)=N\O. The van der Waals surface area contributed by atoms with Crippen molar-refractivity contribution in [2.75, 3.05) is 51.3 Å². The first kappa shape index (κ1) is 25.5. The first-order valence-corrected chi connectivity index (χ1v) is 12.5. The molecule has 36 heavy (non-hydrogen) atoms. The summed E-state index contributed by atoms with van der Waals surface area (Å²) >= 11 is 1.38. The van der Waals surface area contributed by atoms with Crippen LogP contribution in [0.4, 0.5) is 9.93 Å². The van der Waals surface area contributed by atoms with Gasteiger partial charge in [0, 0.05) is 44.4 Å². The minimum absolute atomic E-state index is 0.153. The second kappa shape index (κ2) is 12.9. The monoisotopic (exact) mass is 511 g/mol. The number of rotatable bonds is 10. The Kier molecular flexibility index (Phi) is 9.14. The maximum Gasteiger partial charge on any atom is 0.321 e. The minimum atomic E-state index is -0.404. The molecule has 1 saturated heterocycles. The summed E-state index contributed by atoms with van der Waals surface area (Å²) in [6, 6.07) is 7.50. The molecule has 0 saturated carbocycles. The number of urea groups is 1. The Morgan fingerprint density at radius 1 is 1.25 bits per heavy atom. The molecule has 0 spiro atoms. The van der Waals surface area contributed by atoms with Crippen LogP contribution in [0, 0.1) is 0 Å². The average Bonchev–Trinajstić information content (AvgIpc) is 3.31. The number of anilines is 1. The number of fused-ring (bicyclic) bond motifs is 1. The van der Waals surface area contributed by atoms with Crippen molar-refractivity contribution < 1.29 is 19.5 Å². The van der Waals surface area contributed by atoms with Crippen LogP contribution in [-0.2, 0) is 4.74 Å². The van der Waals surface area contributed by atoms with E-state index < -0.39 is 6.03 Å². The number of carbonyl (C=O) groups is 1. The lowest BCUT2D eigenvalue weighted by Gasteiger charge is -2.26. The molecule has 1 aliphatic heterocycles. The van der Waals surface area contributed by atoms with Crippen LogP contribution in [0.3, 0.4) is 0 Å². The third kappa shape index (κ3) is 7.20. The van der Waals surface area contributed by atoms with Crippen molar-refractivity contribution in [1.82, 2.24) is 20.2 Å². The van der Waals surface area contributed by atoms with Crippen LogP contribution in [-0.4, -0.2) is 84.7 Å². The highest BCUT2D eigenvalue weighted by atomic mass is 32.1. The van der Waals surface area contributed by atoms with E-state index in [9.17, 15) is 4.79 Å². The molecule has 3 N–H and O–H groups in total. The van der Waals surface area contributed by atoms with Crippen molar-refractivity contribution >= 4 is 45.3 Å². The van der Waals surface area contributed by atoms with Gasteiger partial charge in [-0.3, -0.25) is 15.2 Å². The number of amidine groups is 1. The number of amides is 2. The van der Waals surface area contributed by atoms with Crippen molar-refractivity contribution in [3.63, 3.8) is 0 Å². The van der Waals surface area contributed by atoms with Crippen molar-refractivity contribution in [2.24, 2.45) is 10.1 Å². The van der Waals surface area contributed by atoms with Gasteiger partial charge >= 0.3 is 6.03 Å². The number of nitrogens with zero attached hydrogens (tertiary/aromatic N) is 5. The fourth-order valence-corrected chi connectivity index (χ4v) is 4.61. The number of aromatic nitrogens is 2. The molecule has 1 aliphatic rings. The maximum atomic E-state index is 12.1. The lowest BCUT2D eigenvalue weighted by molar-refractivity contribution is 0.0358. The number of nitrogens with one attached hydrogen (secondary N) is 2. The molecular weight excluding hydrogens is 482 g/mol. The first-order chi connectivity index (χ1) is 17.6. The third-order valence-electron chi connectivity index (χ3n) is 5.58. The van der Waals surface area contributed by atoms with E-state index in [4.69, 9.17) is 14.7 Å². The zero-order chi connectivity index (χ0) is 25.2. The molecular formula is C24H29N7O4S. The van der Waals surface area contributed by atoms with Gasteiger partial charge in [0.25, 0.3) is 0 Å². The molecule has 3 heterocycles. The van der Waals surface area contributed by atoms with E-state index in [1.165, 1.54) is 11.3 Å². The van der Waals surface area contributed by atoms with Gasteiger partial charge in [0.05, 0.1) is 36.2 Å². The number of pyridine rings is 1. The largest absolute Gasteiger partial charge is 0.492 e. The van der Waals surface area contributed by atoms with E-state index >= 15 is 0 Å². The lowest BCUT2D eigenvalue weighted by atomic mass is 10.1. The van der Waals surface area contributed by atoms with Gasteiger partial charge in [-0.2, -0.15) is 0 Å². The van der Waals surface area contributed by atoms with Crippen molar-refractivity contribution in [2.45, 2.75) is 12.8 Å². The van der Waals surface area contributed by atoms with Gasteiger partial charge in [0.1, 0.15) is 5.75 Å². The molecule has 1 aromatic carbocycles. The second-order valence-corrected chi connectivity index (χ2v) is 9.10. The maximum absolute atomic E-state index is 12.1. The van der Waals surface area contributed by atoms with E-state index in [1.54, 1.807) is 12.4 Å². The van der Waals surface area contributed by atoms with E-state index in [-0.39, 0.29) is 18.8 Å². The number of hydrogen-bond donors (Lipinski definition) is 3. The average molecular weight is 512 g/mol. The molecule has 0 radical (unpaired) electrons. The highest BCUT2D eigenvalue weighted by Gasteiger charge is 2.11. The standard InChI is InChI=1S/C24H29N7O4S/c1-25-22(30-33)5-6-27-23(32)29-24-28-20-4-3-17(14-21(20)36-24)18-13-19(16-26-15-18)35-10-2-7-31-8-11-34-12-9-31/h3-4,13-16,33H,1-2,5-12H2,(H2,27,28,29,32)/b30-22-. The highest BCUT2D eigenvalue weighted by molar-refractivity contribution is 7.22. The van der Waals surface area contributed by atoms with Crippen LogP contribution >= 0.6 is 11.3 Å². The summed E-state index contributed by atoms with van der Waals surface area (Å²) in [6.45, 7) is 8.74. The zero-order valence-corrected chi connectivity index (χ0v) is 20.7. The Hall–Kier alpha value is -3.61. The summed E-state index contributed by atoms with van der Waals surface area (Å²) in [7, 11) is 0. The molecule has 1 fully saturated rings. The number of hydrogen-bond acceptors (Lipinski definition) is 9. The Labute approximate surface area is 212 Å². The number of benzene rings is 1. The van der Waals surface area contributed by atoms with E-state index in [2.05, 4.69) is 42.4 Å². The van der Waals surface area contributed by atoms with Gasteiger partial charge in [0.2, 0.25) is 0 Å². The van der Waals surface area contributed by atoms with E-state index in [0.29, 0.717) is 11.7 Å². The molecule has 0 aliphatic carbocycles. The zero-order valence-electron chi connectivity index (χ0n) is 19.9. The van der Waals surface area contributed by atoms with Crippen LogP contribution in [0.15, 0.2) is 46.8 Å². The molecule has 11 nitrogen and oxygen atoms in total. The quantitative estimate of drug-likeness (QED) is 0.125. The van der Waals surface area contributed by atoms with Crippen LogP contribution in [0.1, 0.15) is 12.8 Å². The number of morpholine rings is 1. The molecule has 4 rings (SSSR count). The molecule has 2 amide bonds. The van der Waals surface area contributed by atoms with Gasteiger partial charge in [-0.25, -0.2) is 14.8 Å². The number of oxime groups is 1. The summed E-state index contributed by atoms with van der Waals surface area (Å²) in [5.41, 5.74) is 2.72. The Bertz CT molecular complexity index is 1210. The lowest BCUT2D eigenvalue weighted by Crippen LogP contribution is -2.37. The third-order valence-corrected chi connectivity index (χ3v) is 6.51. The number of carbonyl (C=O) groups excluding carboxylic acids is 1. The van der Waals surface area contributed by atoms with Crippen LogP contribution in [0.5, 0.6) is 5.75 Å². The van der Waals surface area contributed by atoms with Crippen LogP contribution in [0.2, 0.25) is 0 Å². The number of ether oxygens (including phenoxy) is 2. The predicted octanol–water partition coefficient (Wildman–Crippen LogP) is 3.46. The summed E-state index contributed by atoms with van der Waals surface area (Å²) in [6.07, 6.45) is 4.74. The molecule has 0 atom stereocenters. The van der Waals surface area contributed by atoms with Crippen molar-refractivity contribution in [1.29, 1.82) is 0 Å². The first-order valence-electron chi connectivity index (χ1n) is 11.7. The number of thiazole rings is 1. The normalized spacial score (nSPS) is 14.5. The minimum Gasteiger partial charge on any atom is -0.492 e. The van der Waals surface area contributed by atoms with Gasteiger partial charge in [0.15, 0.2) is 11.0 Å². The Morgan fingerprint density at radius 3 is 2.92 bits per heavy atom. The van der Waals surface area contributed by atoms with Crippen molar-refractivity contribution in [3.05, 3.63) is 36.7 Å². The van der Waals surface area contributed by atoms with Crippen molar-refractivity contribution in [3.8, 4) is 16.9 Å². The summed E-state index contributed by atoms with van der Waals surface area (Å²) in [4.78, 5) is 26.9. The van der Waals surface area contributed by atoms with Gasteiger partial charge in [-0.1, -0.05) is 22.6 Å². The van der Waals surface area contributed by atoms with Gasteiger partial charge < -0.3 is 20.0 Å². The van der Waals surface area contributed by atoms with E-state index in [0.717, 1.165) is 66.4 Å². The van der Waals surface area contributed by atoms with Crippen LogP contribution < -0.4 is 15.4 Å². The highest BCUT2D eigenvalue weighted by Crippen LogP contribution is 2.31. The second-order valence-electron chi connectivity index (χ2n) is 8.07. The smallest absolute Gasteiger partial charge is 0.321 e. The summed E-state index contributed by atoms with van der Waals surface area (Å²) in [5, 5.41) is 17.6. The van der Waals surface area contributed by atoms with Gasteiger partial charge in [-0.05, 0) is 36.9 Å². The molecule has 0 bridgehead atoms. The topological polar surface area (TPSA) is 134 Å². The molecule has 190 valence electrons. The summed E-state index contributed by atoms with van der Waals surface area (Å²) < 4.78 is 12.3. The molecule has 2 aromatic heterocycles. The van der Waals surface area contributed by atoms with Crippen LogP contribution in [0.25, 0.3) is 21.3 Å². The fraction of sp³-hybridized carbons (Fsp3) is 0.375. The Morgan fingerprint density at radius 2 is 2.11 bits per heavy atom. The number of aliphatic imine (C=N–C) groups is 1. The van der Waals surface area contributed by atoms with Gasteiger partial charge in [-0.15, -0.1) is 0 Å².